The van der Waals surface area contributed by atoms with Gasteiger partial charge in [-0.3, -0.25) is 4.57 Å². The van der Waals surface area contributed by atoms with E-state index >= 15 is 0 Å². The summed E-state index contributed by atoms with van der Waals surface area (Å²) in [6.45, 7) is 0. The molecule has 0 atom stereocenters. The number of benzene rings is 1. The highest BCUT2D eigenvalue weighted by Crippen LogP contribution is 2.28. The molecule has 122 valence electrons. The van der Waals surface area contributed by atoms with Crippen molar-refractivity contribution in [3.05, 3.63) is 40.8 Å². The van der Waals surface area contributed by atoms with Crippen molar-refractivity contribution < 1.29 is 4.79 Å². The third-order valence-electron chi connectivity index (χ3n) is 4.44. The van der Waals surface area contributed by atoms with Crippen LogP contribution in [-0.2, 0) is 0 Å². The summed E-state index contributed by atoms with van der Waals surface area (Å²) in [6, 6.07) is 5.61. The van der Waals surface area contributed by atoms with Gasteiger partial charge in [0.15, 0.2) is 0 Å². The minimum absolute atomic E-state index is 0.0456. The number of hydrogen-bond donors (Lipinski definition) is 0. The minimum Gasteiger partial charge on any atom is -0.324 e. The first-order valence-corrected chi connectivity index (χ1v) is 8.58. The van der Waals surface area contributed by atoms with Crippen molar-refractivity contribution in [3.8, 4) is 11.3 Å². The number of halogens is 2. The van der Waals surface area contributed by atoms with Crippen molar-refractivity contribution >= 4 is 29.2 Å². The Kier molecular flexibility index (Phi) is 4.93. The predicted octanol–water partition coefficient (Wildman–Crippen LogP) is 5.09. The highest BCUT2D eigenvalue weighted by molar-refractivity contribution is 6.42. The van der Waals surface area contributed by atoms with Gasteiger partial charge in [-0.25, -0.2) is 9.78 Å². The number of amides is 1. The van der Waals surface area contributed by atoms with Gasteiger partial charge in [0.1, 0.15) is 6.33 Å². The van der Waals surface area contributed by atoms with Gasteiger partial charge in [-0.15, -0.1) is 0 Å². The molecule has 1 heterocycles. The molecule has 6 heteroatoms. The number of carbonyl (C=O) groups is 1. The second-order valence-corrected chi connectivity index (χ2v) is 6.79. The Hall–Kier alpha value is -1.52. The Morgan fingerprint density at radius 1 is 1.22 bits per heavy atom. The number of imidazole rings is 1. The molecular formula is C17H19Cl2N3O. The third kappa shape index (κ3) is 3.54. The summed E-state index contributed by atoms with van der Waals surface area (Å²) in [5.74, 6) is 0. The smallest absolute Gasteiger partial charge is 0.324 e. The van der Waals surface area contributed by atoms with Crippen LogP contribution < -0.4 is 0 Å². The number of aromatic nitrogens is 2. The Balaban J connectivity index is 1.77. The van der Waals surface area contributed by atoms with E-state index in [1.165, 1.54) is 23.8 Å². The topological polar surface area (TPSA) is 38.1 Å². The van der Waals surface area contributed by atoms with E-state index in [9.17, 15) is 4.79 Å². The first kappa shape index (κ1) is 16.3. The normalized spacial score (nSPS) is 15.6. The van der Waals surface area contributed by atoms with Crippen LogP contribution in [0, 0.1) is 0 Å². The molecule has 1 amide bonds. The van der Waals surface area contributed by atoms with Gasteiger partial charge in [0, 0.05) is 24.8 Å². The van der Waals surface area contributed by atoms with Crippen molar-refractivity contribution in [2.75, 3.05) is 7.05 Å². The summed E-state index contributed by atoms with van der Waals surface area (Å²) >= 11 is 12.0. The van der Waals surface area contributed by atoms with Crippen molar-refractivity contribution in [3.63, 3.8) is 0 Å². The highest BCUT2D eigenvalue weighted by atomic mass is 35.5. The van der Waals surface area contributed by atoms with Gasteiger partial charge < -0.3 is 4.90 Å². The molecule has 0 saturated heterocycles. The molecule has 0 aliphatic heterocycles. The fourth-order valence-corrected chi connectivity index (χ4v) is 3.34. The molecule has 0 bridgehead atoms. The molecule has 1 saturated carbocycles. The maximum Gasteiger partial charge on any atom is 0.329 e. The van der Waals surface area contributed by atoms with E-state index in [0.29, 0.717) is 21.8 Å². The Bertz CT molecular complexity index is 708. The monoisotopic (exact) mass is 351 g/mol. The summed E-state index contributed by atoms with van der Waals surface area (Å²) in [5, 5.41) is 0.979. The van der Waals surface area contributed by atoms with Crippen LogP contribution in [0.1, 0.15) is 32.1 Å². The summed E-state index contributed by atoms with van der Waals surface area (Å²) in [6.07, 6.45) is 9.11. The summed E-state index contributed by atoms with van der Waals surface area (Å²) in [4.78, 5) is 18.8. The largest absolute Gasteiger partial charge is 0.329 e. The first-order valence-electron chi connectivity index (χ1n) is 7.83. The molecule has 0 radical (unpaired) electrons. The molecule has 23 heavy (non-hydrogen) atoms. The molecular weight excluding hydrogens is 333 g/mol. The van der Waals surface area contributed by atoms with E-state index < -0.39 is 0 Å². The van der Waals surface area contributed by atoms with Crippen LogP contribution in [0.3, 0.4) is 0 Å². The Labute approximate surface area is 146 Å². The molecule has 0 N–H and O–H groups in total. The van der Waals surface area contributed by atoms with E-state index in [1.807, 2.05) is 18.0 Å². The average molecular weight is 352 g/mol. The molecule has 3 rings (SSSR count). The molecule has 2 aromatic rings. The zero-order valence-electron chi connectivity index (χ0n) is 13.0. The quantitative estimate of drug-likeness (QED) is 0.755. The van der Waals surface area contributed by atoms with Gasteiger partial charge in [-0.1, -0.05) is 48.5 Å². The molecule has 1 aliphatic rings. The zero-order chi connectivity index (χ0) is 16.4. The summed E-state index contributed by atoms with van der Waals surface area (Å²) in [5.41, 5.74) is 1.54. The lowest BCUT2D eigenvalue weighted by Crippen LogP contribution is -2.40. The van der Waals surface area contributed by atoms with Crippen molar-refractivity contribution in [2.24, 2.45) is 0 Å². The molecule has 1 fully saturated rings. The predicted molar refractivity (Wildman–Crippen MR) is 93.1 cm³/mol. The van der Waals surface area contributed by atoms with Crippen molar-refractivity contribution in [1.82, 2.24) is 14.5 Å². The lowest BCUT2D eigenvalue weighted by Gasteiger charge is -2.31. The molecule has 1 aromatic heterocycles. The fraction of sp³-hybridized carbons (Fsp3) is 0.412. The lowest BCUT2D eigenvalue weighted by atomic mass is 9.95. The summed E-state index contributed by atoms with van der Waals surface area (Å²) in [7, 11) is 1.87. The lowest BCUT2D eigenvalue weighted by molar-refractivity contribution is 0.175. The molecule has 1 aliphatic carbocycles. The van der Waals surface area contributed by atoms with E-state index in [-0.39, 0.29) is 6.03 Å². The van der Waals surface area contributed by atoms with Gasteiger partial charge in [-0.2, -0.15) is 0 Å². The third-order valence-corrected chi connectivity index (χ3v) is 5.18. The first-order chi connectivity index (χ1) is 11.1. The van der Waals surface area contributed by atoms with Gasteiger partial charge in [-0.05, 0) is 25.0 Å². The van der Waals surface area contributed by atoms with Gasteiger partial charge >= 0.3 is 6.03 Å². The van der Waals surface area contributed by atoms with Gasteiger partial charge in [0.25, 0.3) is 0 Å². The van der Waals surface area contributed by atoms with Gasteiger partial charge in [0.05, 0.1) is 15.7 Å². The zero-order valence-corrected chi connectivity index (χ0v) is 14.5. The van der Waals surface area contributed by atoms with E-state index in [1.54, 1.807) is 24.7 Å². The molecule has 0 spiro atoms. The van der Waals surface area contributed by atoms with Crippen LogP contribution in [0.4, 0.5) is 4.79 Å². The number of carbonyl (C=O) groups excluding carboxylic acids is 1. The second-order valence-electron chi connectivity index (χ2n) is 5.98. The number of hydrogen-bond acceptors (Lipinski definition) is 2. The number of nitrogens with zero attached hydrogens (tertiary/aromatic N) is 3. The van der Waals surface area contributed by atoms with Crippen LogP contribution >= 0.6 is 23.2 Å². The van der Waals surface area contributed by atoms with Crippen molar-refractivity contribution in [1.29, 1.82) is 0 Å². The SMILES string of the molecule is CN(C(=O)n1cnc(-c2ccc(Cl)c(Cl)c2)c1)C1CCCCC1. The maximum atomic E-state index is 12.6. The van der Waals surface area contributed by atoms with Crippen LogP contribution in [0.5, 0.6) is 0 Å². The van der Waals surface area contributed by atoms with E-state index in [0.717, 1.165) is 18.4 Å². The molecule has 1 aromatic carbocycles. The molecule has 4 nitrogen and oxygen atoms in total. The van der Waals surface area contributed by atoms with Crippen molar-refractivity contribution in [2.45, 2.75) is 38.1 Å². The van der Waals surface area contributed by atoms with Gasteiger partial charge in [0.2, 0.25) is 0 Å². The van der Waals surface area contributed by atoms with E-state index in [4.69, 9.17) is 23.2 Å². The Morgan fingerprint density at radius 3 is 2.65 bits per heavy atom. The average Bonchev–Trinajstić information content (AvgIpc) is 3.07. The maximum absolute atomic E-state index is 12.6. The van der Waals surface area contributed by atoms with E-state index in [2.05, 4.69) is 4.98 Å². The van der Waals surface area contributed by atoms with Crippen LogP contribution in [-0.4, -0.2) is 33.6 Å². The van der Waals surface area contributed by atoms with Crippen LogP contribution in [0.2, 0.25) is 10.0 Å². The highest BCUT2D eigenvalue weighted by Gasteiger charge is 2.23. The fourth-order valence-electron chi connectivity index (χ4n) is 3.04. The van der Waals surface area contributed by atoms with Crippen LogP contribution in [0.25, 0.3) is 11.3 Å². The summed E-state index contributed by atoms with van der Waals surface area (Å²) < 4.78 is 1.53. The Morgan fingerprint density at radius 2 is 1.96 bits per heavy atom. The molecule has 0 unspecified atom stereocenters. The standard InChI is InChI=1S/C17H19Cl2N3O/c1-21(13-5-3-2-4-6-13)17(23)22-10-16(20-11-22)12-7-8-14(18)15(19)9-12/h7-11,13H,2-6H2,1H3. The van der Waals surface area contributed by atoms with Crippen LogP contribution in [0.15, 0.2) is 30.7 Å². The minimum atomic E-state index is -0.0456. The number of rotatable bonds is 2. The second kappa shape index (κ2) is 6.93.